The van der Waals surface area contributed by atoms with Gasteiger partial charge in [-0.15, -0.1) is 0 Å². The molecule has 0 heterocycles. The molecule has 0 saturated heterocycles. The van der Waals surface area contributed by atoms with Crippen molar-refractivity contribution in [1.82, 2.24) is 0 Å². The maximum Gasteiger partial charge on any atom is 0.0540 e. The van der Waals surface area contributed by atoms with Crippen LogP contribution in [0.1, 0.15) is 78.1 Å². The highest BCUT2D eigenvalue weighted by molar-refractivity contribution is 4.55. The third kappa shape index (κ3) is 12.0. The van der Waals surface area contributed by atoms with Crippen LogP contribution in [-0.2, 0) is 0 Å². The van der Waals surface area contributed by atoms with E-state index in [1.807, 2.05) is 6.92 Å². The lowest BCUT2D eigenvalue weighted by Crippen LogP contribution is -2.04. The van der Waals surface area contributed by atoms with Crippen molar-refractivity contribution in [2.75, 3.05) is 0 Å². The second-order valence-corrected chi connectivity index (χ2v) is 4.99. The van der Waals surface area contributed by atoms with Gasteiger partial charge in [-0.3, -0.25) is 0 Å². The Kier molecular flexibility index (Phi) is 11.3. The minimum atomic E-state index is -0.135. The summed E-state index contributed by atoms with van der Waals surface area (Å²) in [7, 11) is 0. The van der Waals surface area contributed by atoms with E-state index in [4.69, 9.17) is 5.11 Å². The lowest BCUT2D eigenvalue weighted by molar-refractivity contribution is 0.150. The first-order valence-electron chi connectivity index (χ1n) is 7.03. The van der Waals surface area contributed by atoms with Gasteiger partial charge in [0.15, 0.2) is 0 Å². The molecule has 2 atom stereocenters. The van der Waals surface area contributed by atoms with Crippen molar-refractivity contribution in [2.45, 2.75) is 90.3 Å². The molecule has 0 rings (SSSR count). The molecule has 0 aliphatic carbocycles. The first kappa shape index (κ1) is 15.9. The van der Waals surface area contributed by atoms with Gasteiger partial charge in [-0.05, 0) is 26.2 Å². The topological polar surface area (TPSA) is 40.5 Å². The zero-order valence-electron chi connectivity index (χ0n) is 11.1. The first-order chi connectivity index (χ1) is 7.66. The maximum absolute atomic E-state index is 9.52. The van der Waals surface area contributed by atoms with E-state index < -0.39 is 0 Å². The summed E-state index contributed by atoms with van der Waals surface area (Å²) in [6, 6.07) is 0. The van der Waals surface area contributed by atoms with Gasteiger partial charge in [0.25, 0.3) is 0 Å². The largest absolute Gasteiger partial charge is 0.393 e. The summed E-state index contributed by atoms with van der Waals surface area (Å²) >= 11 is 0. The zero-order valence-corrected chi connectivity index (χ0v) is 11.1. The Bertz CT molecular complexity index is 135. The average Bonchev–Trinajstić information content (AvgIpc) is 2.22. The molecule has 0 aliphatic rings. The average molecular weight is 230 g/mol. The Hall–Kier alpha value is -0.0800. The molecular weight excluding hydrogens is 200 g/mol. The fraction of sp³-hybridized carbons (Fsp3) is 1.00. The van der Waals surface area contributed by atoms with Gasteiger partial charge in [0, 0.05) is 0 Å². The number of unbranched alkanes of at least 4 members (excludes halogenated alkanes) is 5. The maximum atomic E-state index is 9.52. The Morgan fingerprint density at radius 1 is 0.750 bits per heavy atom. The molecule has 2 heteroatoms. The van der Waals surface area contributed by atoms with E-state index in [0.717, 1.165) is 38.5 Å². The molecule has 0 radical (unpaired) electrons. The molecule has 16 heavy (non-hydrogen) atoms. The van der Waals surface area contributed by atoms with Crippen LogP contribution in [0.25, 0.3) is 0 Å². The molecule has 98 valence electrons. The van der Waals surface area contributed by atoms with Crippen LogP contribution in [0.3, 0.4) is 0 Å². The normalized spacial score (nSPS) is 15.0. The van der Waals surface area contributed by atoms with Gasteiger partial charge in [0.05, 0.1) is 12.2 Å². The smallest absolute Gasteiger partial charge is 0.0540 e. The van der Waals surface area contributed by atoms with Crippen LogP contribution in [0.5, 0.6) is 0 Å². The van der Waals surface area contributed by atoms with Crippen molar-refractivity contribution in [2.24, 2.45) is 0 Å². The number of aliphatic hydroxyl groups is 2. The lowest BCUT2D eigenvalue weighted by Gasteiger charge is -2.08. The summed E-state index contributed by atoms with van der Waals surface area (Å²) in [6.45, 7) is 3.97. The molecular formula is C14H30O2. The number of aliphatic hydroxyl groups excluding tert-OH is 2. The van der Waals surface area contributed by atoms with Crippen LogP contribution in [0.4, 0.5) is 0 Å². The Labute approximate surface area is 101 Å². The van der Waals surface area contributed by atoms with Gasteiger partial charge in [-0.1, -0.05) is 51.9 Å². The van der Waals surface area contributed by atoms with E-state index in [-0.39, 0.29) is 12.2 Å². The molecule has 0 fully saturated rings. The third-order valence-electron chi connectivity index (χ3n) is 3.03. The Morgan fingerprint density at radius 3 is 1.75 bits per heavy atom. The van der Waals surface area contributed by atoms with E-state index in [1.54, 1.807) is 0 Å². The number of hydrogen-bond acceptors (Lipinski definition) is 2. The van der Waals surface area contributed by atoms with E-state index in [2.05, 4.69) is 6.92 Å². The summed E-state index contributed by atoms with van der Waals surface area (Å²) < 4.78 is 0. The molecule has 2 nitrogen and oxygen atoms in total. The molecule has 0 aromatic heterocycles. The van der Waals surface area contributed by atoms with Crippen molar-refractivity contribution in [3.63, 3.8) is 0 Å². The van der Waals surface area contributed by atoms with Crippen LogP contribution >= 0.6 is 0 Å². The van der Waals surface area contributed by atoms with Crippen LogP contribution in [0, 0.1) is 0 Å². The quantitative estimate of drug-likeness (QED) is 0.532. The molecule has 0 aromatic rings. The predicted molar refractivity (Wildman–Crippen MR) is 69.5 cm³/mol. The summed E-state index contributed by atoms with van der Waals surface area (Å²) in [5, 5.41) is 18.6. The molecule has 0 saturated carbocycles. The molecule has 0 spiro atoms. The molecule has 0 bridgehead atoms. The monoisotopic (exact) mass is 230 g/mol. The number of hydrogen-bond donors (Lipinski definition) is 2. The van der Waals surface area contributed by atoms with Gasteiger partial charge in [-0.2, -0.15) is 0 Å². The third-order valence-corrected chi connectivity index (χ3v) is 3.03. The SMILES string of the molecule is CCCC(O)CCCCCCCCC(C)O. The van der Waals surface area contributed by atoms with Crippen molar-refractivity contribution >= 4 is 0 Å². The summed E-state index contributed by atoms with van der Waals surface area (Å²) in [4.78, 5) is 0. The van der Waals surface area contributed by atoms with Crippen LogP contribution in [0.2, 0.25) is 0 Å². The Morgan fingerprint density at radius 2 is 1.25 bits per heavy atom. The van der Waals surface area contributed by atoms with Gasteiger partial charge in [-0.25, -0.2) is 0 Å². The summed E-state index contributed by atoms with van der Waals surface area (Å²) in [5.74, 6) is 0. The van der Waals surface area contributed by atoms with Gasteiger partial charge in [0.1, 0.15) is 0 Å². The molecule has 0 aromatic carbocycles. The van der Waals surface area contributed by atoms with Gasteiger partial charge in [0.2, 0.25) is 0 Å². The first-order valence-corrected chi connectivity index (χ1v) is 7.03. The molecule has 2 unspecified atom stereocenters. The van der Waals surface area contributed by atoms with Crippen molar-refractivity contribution in [1.29, 1.82) is 0 Å². The molecule has 0 aliphatic heterocycles. The van der Waals surface area contributed by atoms with Crippen molar-refractivity contribution in [3.05, 3.63) is 0 Å². The fourth-order valence-electron chi connectivity index (χ4n) is 2.00. The van der Waals surface area contributed by atoms with Crippen LogP contribution < -0.4 is 0 Å². The van der Waals surface area contributed by atoms with Crippen molar-refractivity contribution in [3.8, 4) is 0 Å². The minimum absolute atomic E-state index is 0.0692. The molecule has 2 N–H and O–H groups in total. The highest BCUT2D eigenvalue weighted by Gasteiger charge is 2.01. The second-order valence-electron chi connectivity index (χ2n) is 4.99. The predicted octanol–water partition coefficient (Wildman–Crippen LogP) is 3.65. The standard InChI is InChI=1S/C14H30O2/c1-3-10-14(16)12-9-7-5-4-6-8-11-13(2)15/h13-16H,3-12H2,1-2H3. The molecule has 0 amide bonds. The van der Waals surface area contributed by atoms with E-state index in [9.17, 15) is 5.11 Å². The van der Waals surface area contributed by atoms with Gasteiger partial charge >= 0.3 is 0 Å². The highest BCUT2D eigenvalue weighted by Crippen LogP contribution is 2.12. The number of rotatable bonds is 11. The Balaban J connectivity index is 3.04. The minimum Gasteiger partial charge on any atom is -0.393 e. The van der Waals surface area contributed by atoms with E-state index in [0.29, 0.717) is 0 Å². The van der Waals surface area contributed by atoms with E-state index >= 15 is 0 Å². The lowest BCUT2D eigenvalue weighted by atomic mass is 10.0. The highest BCUT2D eigenvalue weighted by atomic mass is 16.3. The second kappa shape index (κ2) is 11.4. The zero-order chi connectivity index (χ0) is 12.2. The van der Waals surface area contributed by atoms with Gasteiger partial charge < -0.3 is 10.2 Å². The van der Waals surface area contributed by atoms with Crippen LogP contribution in [0.15, 0.2) is 0 Å². The van der Waals surface area contributed by atoms with E-state index in [1.165, 1.54) is 25.7 Å². The summed E-state index contributed by atoms with van der Waals surface area (Å²) in [5.41, 5.74) is 0. The van der Waals surface area contributed by atoms with Crippen LogP contribution in [-0.4, -0.2) is 22.4 Å². The van der Waals surface area contributed by atoms with Crippen molar-refractivity contribution < 1.29 is 10.2 Å². The fourth-order valence-corrected chi connectivity index (χ4v) is 2.00. The summed E-state index contributed by atoms with van der Waals surface area (Å²) in [6.07, 6.45) is 11.1.